The van der Waals surface area contributed by atoms with Crippen molar-refractivity contribution in [2.75, 3.05) is 25.5 Å². The summed E-state index contributed by atoms with van der Waals surface area (Å²) in [6, 6.07) is 15.8. The Labute approximate surface area is 177 Å². The Morgan fingerprint density at radius 1 is 1.23 bits per heavy atom. The minimum Gasteiger partial charge on any atom is -0.497 e. The molecule has 1 aromatic heterocycles. The number of carbonyl (C=O) groups is 1. The molecule has 30 heavy (non-hydrogen) atoms. The van der Waals surface area contributed by atoms with Gasteiger partial charge in [0.2, 0.25) is 5.91 Å². The molecule has 1 atom stereocenters. The molecule has 0 saturated carbocycles. The molecule has 0 bridgehead atoms. The highest BCUT2D eigenvalue weighted by atomic mass is 16.5. The van der Waals surface area contributed by atoms with Gasteiger partial charge in [0, 0.05) is 36.2 Å². The summed E-state index contributed by atoms with van der Waals surface area (Å²) < 4.78 is 5.25. The van der Waals surface area contributed by atoms with Gasteiger partial charge < -0.3 is 15.0 Å². The molecule has 2 heterocycles. The number of piperidine rings is 1. The van der Waals surface area contributed by atoms with E-state index in [1.165, 1.54) is 0 Å². The summed E-state index contributed by atoms with van der Waals surface area (Å²) in [5, 5.41) is 3.18. The molecule has 156 valence electrons. The van der Waals surface area contributed by atoms with Crippen molar-refractivity contribution in [3.63, 3.8) is 0 Å². The van der Waals surface area contributed by atoms with E-state index in [2.05, 4.69) is 20.2 Å². The van der Waals surface area contributed by atoms with Gasteiger partial charge in [0.05, 0.1) is 13.0 Å². The number of imidazole rings is 1. The number of nitrogens with one attached hydrogen (secondary N) is 2. The average molecular weight is 405 g/mol. The predicted molar refractivity (Wildman–Crippen MR) is 118 cm³/mol. The van der Waals surface area contributed by atoms with Gasteiger partial charge in [0.1, 0.15) is 11.6 Å². The number of methoxy groups -OCH3 is 1. The summed E-state index contributed by atoms with van der Waals surface area (Å²) in [6.45, 7) is 4.52. The van der Waals surface area contributed by atoms with Gasteiger partial charge in [-0.25, -0.2) is 4.98 Å². The molecule has 3 aromatic rings. The summed E-state index contributed by atoms with van der Waals surface area (Å²) in [5.41, 5.74) is 3.99. The highest BCUT2D eigenvalue weighted by Crippen LogP contribution is 2.30. The first-order valence-corrected chi connectivity index (χ1v) is 10.4. The molecule has 6 nitrogen and oxygen atoms in total. The van der Waals surface area contributed by atoms with Crippen LogP contribution in [0.3, 0.4) is 0 Å². The van der Waals surface area contributed by atoms with E-state index < -0.39 is 0 Å². The Hall–Kier alpha value is -3.12. The van der Waals surface area contributed by atoms with Crippen LogP contribution in [0.15, 0.2) is 54.7 Å². The van der Waals surface area contributed by atoms with Crippen LogP contribution in [0.4, 0.5) is 5.69 Å². The molecular weight excluding hydrogens is 376 g/mol. The van der Waals surface area contributed by atoms with Crippen molar-refractivity contribution in [3.8, 4) is 16.9 Å². The maximum atomic E-state index is 13.1. The largest absolute Gasteiger partial charge is 0.497 e. The van der Waals surface area contributed by atoms with Crippen LogP contribution in [0, 0.1) is 12.8 Å². The Balaban J connectivity index is 1.44. The van der Waals surface area contributed by atoms with E-state index in [0.717, 1.165) is 66.6 Å². The zero-order valence-corrected chi connectivity index (χ0v) is 17.5. The lowest BCUT2D eigenvalue weighted by Gasteiger charge is -2.31. The Bertz CT molecular complexity index is 996. The zero-order valence-electron chi connectivity index (χ0n) is 17.5. The lowest BCUT2D eigenvalue weighted by atomic mass is 9.96. The van der Waals surface area contributed by atoms with E-state index in [9.17, 15) is 4.79 Å². The highest BCUT2D eigenvalue weighted by Gasteiger charge is 2.26. The number of aryl methyl sites for hydroxylation is 1. The van der Waals surface area contributed by atoms with Gasteiger partial charge in [0.25, 0.3) is 0 Å². The molecule has 1 saturated heterocycles. The molecule has 1 aliphatic heterocycles. The standard InChI is InChI=1S/C24H28N4O2/c1-17-25-14-20(26-17)16-28-13-5-6-19(15-28)24(29)27-23-8-4-3-7-22(23)18-9-11-21(30-2)12-10-18/h3-4,7-12,14,19H,5-6,13,15-16H2,1-2H3,(H,25,26)(H,27,29). The molecule has 1 amide bonds. The molecule has 0 aliphatic carbocycles. The number of amides is 1. The number of rotatable bonds is 6. The lowest BCUT2D eigenvalue weighted by Crippen LogP contribution is -2.40. The number of hydrogen-bond donors (Lipinski definition) is 2. The van der Waals surface area contributed by atoms with Gasteiger partial charge in [-0.15, -0.1) is 0 Å². The van der Waals surface area contributed by atoms with Gasteiger partial charge in [-0.3, -0.25) is 9.69 Å². The molecule has 0 spiro atoms. The number of nitrogens with zero attached hydrogens (tertiary/aromatic N) is 2. The number of anilines is 1. The van der Waals surface area contributed by atoms with E-state index >= 15 is 0 Å². The molecule has 1 aliphatic rings. The third-order valence-electron chi connectivity index (χ3n) is 5.61. The maximum absolute atomic E-state index is 13.1. The van der Waals surface area contributed by atoms with E-state index in [1.54, 1.807) is 7.11 Å². The number of aromatic nitrogens is 2. The number of hydrogen-bond acceptors (Lipinski definition) is 4. The number of ether oxygens (including phenoxy) is 1. The zero-order chi connectivity index (χ0) is 20.9. The minimum atomic E-state index is -0.0216. The van der Waals surface area contributed by atoms with Crippen LogP contribution >= 0.6 is 0 Å². The first-order valence-electron chi connectivity index (χ1n) is 10.4. The van der Waals surface area contributed by atoms with Gasteiger partial charge in [0.15, 0.2) is 0 Å². The topological polar surface area (TPSA) is 70.2 Å². The summed E-state index contributed by atoms with van der Waals surface area (Å²) >= 11 is 0. The summed E-state index contributed by atoms with van der Waals surface area (Å²) in [7, 11) is 1.66. The smallest absolute Gasteiger partial charge is 0.228 e. The quantitative estimate of drug-likeness (QED) is 0.645. The van der Waals surface area contributed by atoms with Crippen molar-refractivity contribution in [1.29, 1.82) is 0 Å². The van der Waals surface area contributed by atoms with E-state index in [0.29, 0.717) is 0 Å². The van der Waals surface area contributed by atoms with Crippen LogP contribution in [-0.2, 0) is 11.3 Å². The van der Waals surface area contributed by atoms with Crippen LogP contribution in [0.5, 0.6) is 5.75 Å². The van der Waals surface area contributed by atoms with Gasteiger partial charge in [-0.05, 0) is 50.1 Å². The second-order valence-electron chi connectivity index (χ2n) is 7.83. The van der Waals surface area contributed by atoms with Crippen LogP contribution in [0.1, 0.15) is 24.4 Å². The number of likely N-dealkylation sites (tertiary alicyclic amines) is 1. The Morgan fingerprint density at radius 3 is 2.77 bits per heavy atom. The van der Waals surface area contributed by atoms with E-state index in [-0.39, 0.29) is 11.8 Å². The van der Waals surface area contributed by atoms with Crippen molar-refractivity contribution in [3.05, 3.63) is 66.2 Å². The van der Waals surface area contributed by atoms with Gasteiger partial charge >= 0.3 is 0 Å². The summed E-state index contributed by atoms with van der Waals surface area (Å²) in [5.74, 6) is 1.80. The van der Waals surface area contributed by atoms with Crippen molar-refractivity contribution >= 4 is 11.6 Å². The first-order chi connectivity index (χ1) is 14.6. The average Bonchev–Trinajstić information content (AvgIpc) is 3.19. The summed E-state index contributed by atoms with van der Waals surface area (Å²) in [6.07, 6.45) is 3.81. The molecule has 1 fully saturated rings. The molecule has 2 N–H and O–H groups in total. The van der Waals surface area contributed by atoms with Crippen molar-refractivity contribution in [2.24, 2.45) is 5.92 Å². The van der Waals surface area contributed by atoms with Crippen LogP contribution < -0.4 is 10.1 Å². The van der Waals surface area contributed by atoms with Crippen molar-refractivity contribution < 1.29 is 9.53 Å². The molecule has 4 rings (SSSR count). The van der Waals surface area contributed by atoms with Crippen LogP contribution in [-0.4, -0.2) is 41.0 Å². The number of carbonyl (C=O) groups excluding carboxylic acids is 1. The van der Waals surface area contributed by atoms with Crippen LogP contribution in [0.25, 0.3) is 11.1 Å². The minimum absolute atomic E-state index is 0.0216. The predicted octanol–water partition coefficient (Wildman–Crippen LogP) is 4.24. The normalized spacial score (nSPS) is 16.9. The molecular formula is C24H28N4O2. The fraction of sp³-hybridized carbons (Fsp3) is 0.333. The van der Waals surface area contributed by atoms with E-state index in [4.69, 9.17) is 4.74 Å². The number of benzene rings is 2. The maximum Gasteiger partial charge on any atom is 0.228 e. The molecule has 6 heteroatoms. The number of aromatic amines is 1. The van der Waals surface area contributed by atoms with Gasteiger partial charge in [-0.1, -0.05) is 30.3 Å². The fourth-order valence-electron chi connectivity index (χ4n) is 4.06. The van der Waals surface area contributed by atoms with Gasteiger partial charge in [-0.2, -0.15) is 0 Å². The number of para-hydroxylation sites is 1. The van der Waals surface area contributed by atoms with Crippen LogP contribution in [0.2, 0.25) is 0 Å². The SMILES string of the molecule is COc1ccc(-c2ccccc2NC(=O)C2CCCN(Cc3cnc(C)[nH]3)C2)cc1. The second-order valence-corrected chi connectivity index (χ2v) is 7.83. The number of H-pyrrole nitrogens is 1. The molecule has 0 radical (unpaired) electrons. The van der Waals surface area contributed by atoms with Crippen molar-refractivity contribution in [1.82, 2.24) is 14.9 Å². The Morgan fingerprint density at radius 2 is 2.03 bits per heavy atom. The van der Waals surface area contributed by atoms with Crippen molar-refractivity contribution in [2.45, 2.75) is 26.3 Å². The fourth-order valence-corrected chi connectivity index (χ4v) is 4.06. The summed E-state index contributed by atoms with van der Waals surface area (Å²) in [4.78, 5) is 23.0. The third kappa shape index (κ3) is 4.71. The first kappa shape index (κ1) is 20.2. The lowest BCUT2D eigenvalue weighted by molar-refractivity contribution is -0.121. The molecule has 2 aromatic carbocycles. The van der Waals surface area contributed by atoms with E-state index in [1.807, 2.05) is 61.7 Å². The third-order valence-corrected chi connectivity index (χ3v) is 5.61. The second kappa shape index (κ2) is 9.13. The molecule has 1 unspecified atom stereocenters. The highest BCUT2D eigenvalue weighted by molar-refractivity contribution is 5.97. The monoisotopic (exact) mass is 404 g/mol. The Kier molecular flexibility index (Phi) is 6.14.